The van der Waals surface area contributed by atoms with Gasteiger partial charge in [-0.2, -0.15) is 0 Å². The third-order valence-corrected chi connectivity index (χ3v) is 3.29. The molecule has 0 spiro atoms. The number of phenolic OH excluding ortho intramolecular Hbond substituents is 1. The summed E-state index contributed by atoms with van der Waals surface area (Å²) >= 11 is 0. The summed E-state index contributed by atoms with van der Waals surface area (Å²) in [5.74, 6) is 0.166. The van der Waals surface area contributed by atoms with E-state index in [2.05, 4.69) is 0 Å². The monoisotopic (exact) mass is 270 g/mol. The summed E-state index contributed by atoms with van der Waals surface area (Å²) in [5.41, 5.74) is 8.36. The molecule has 4 heteroatoms. The van der Waals surface area contributed by atoms with E-state index < -0.39 is 0 Å². The molecule has 0 aliphatic heterocycles. The number of hydrogen-bond donors (Lipinski definition) is 2. The average Bonchev–Trinajstić information content (AvgIpc) is 2.48. The fourth-order valence-corrected chi connectivity index (χ4v) is 2.03. The van der Waals surface area contributed by atoms with Crippen LogP contribution in [0.1, 0.15) is 11.1 Å². The van der Waals surface area contributed by atoms with Gasteiger partial charge < -0.3 is 15.7 Å². The van der Waals surface area contributed by atoms with E-state index in [-0.39, 0.29) is 11.7 Å². The van der Waals surface area contributed by atoms with Gasteiger partial charge in [-0.15, -0.1) is 0 Å². The van der Waals surface area contributed by atoms with Crippen LogP contribution >= 0.6 is 0 Å². The maximum Gasteiger partial charge on any atom is 0.231 e. The highest BCUT2D eigenvalue weighted by Crippen LogP contribution is 2.18. The number of amides is 1. The predicted molar refractivity (Wildman–Crippen MR) is 79.6 cm³/mol. The summed E-state index contributed by atoms with van der Waals surface area (Å²) in [6.07, 6.45) is 0.310. The molecule has 0 unspecified atom stereocenters. The minimum atomic E-state index is -0.0170. The number of hydrogen-bond acceptors (Lipinski definition) is 3. The van der Waals surface area contributed by atoms with Crippen LogP contribution in [-0.4, -0.2) is 18.1 Å². The van der Waals surface area contributed by atoms with Gasteiger partial charge in [0.2, 0.25) is 5.91 Å². The summed E-state index contributed by atoms with van der Waals surface area (Å²) in [5, 5.41) is 9.26. The third kappa shape index (κ3) is 3.16. The Labute approximate surface area is 118 Å². The van der Waals surface area contributed by atoms with Gasteiger partial charge in [0.1, 0.15) is 5.75 Å². The van der Waals surface area contributed by atoms with Crippen molar-refractivity contribution < 1.29 is 9.90 Å². The molecule has 2 rings (SSSR count). The van der Waals surface area contributed by atoms with Gasteiger partial charge in [0, 0.05) is 19.3 Å². The molecule has 0 radical (unpaired) electrons. The highest BCUT2D eigenvalue weighted by Gasteiger charge is 2.13. The van der Waals surface area contributed by atoms with Crippen LogP contribution in [0.5, 0.6) is 5.75 Å². The zero-order valence-electron chi connectivity index (χ0n) is 11.4. The Morgan fingerprint density at radius 3 is 2.30 bits per heavy atom. The van der Waals surface area contributed by atoms with Gasteiger partial charge >= 0.3 is 0 Å². The van der Waals surface area contributed by atoms with Crippen LogP contribution in [-0.2, 0) is 17.8 Å². The molecule has 0 saturated heterocycles. The SMILES string of the molecule is CN(C(=O)Cc1ccccc1CN)c1ccc(O)cc1. The van der Waals surface area contributed by atoms with Crippen molar-refractivity contribution in [2.24, 2.45) is 5.73 Å². The van der Waals surface area contributed by atoms with Crippen molar-refractivity contribution in [3.05, 3.63) is 59.7 Å². The summed E-state index contributed by atoms with van der Waals surface area (Å²) in [6, 6.07) is 14.2. The summed E-state index contributed by atoms with van der Waals surface area (Å²) in [4.78, 5) is 13.9. The van der Waals surface area contributed by atoms with E-state index in [0.29, 0.717) is 13.0 Å². The first kappa shape index (κ1) is 14.1. The van der Waals surface area contributed by atoms with Crippen LogP contribution in [0, 0.1) is 0 Å². The van der Waals surface area contributed by atoms with E-state index in [4.69, 9.17) is 5.73 Å². The number of nitrogens with zero attached hydrogens (tertiary/aromatic N) is 1. The third-order valence-electron chi connectivity index (χ3n) is 3.29. The molecule has 1 amide bonds. The lowest BCUT2D eigenvalue weighted by molar-refractivity contribution is -0.117. The minimum absolute atomic E-state index is 0.0170. The number of carbonyl (C=O) groups excluding carboxylic acids is 1. The van der Waals surface area contributed by atoms with Crippen LogP contribution in [0.3, 0.4) is 0 Å². The number of rotatable bonds is 4. The Bertz CT molecular complexity index is 594. The highest BCUT2D eigenvalue weighted by molar-refractivity contribution is 5.94. The first-order chi connectivity index (χ1) is 9.61. The van der Waals surface area contributed by atoms with Gasteiger partial charge in [-0.25, -0.2) is 0 Å². The molecule has 2 aromatic rings. The summed E-state index contributed by atoms with van der Waals surface area (Å²) < 4.78 is 0. The number of carbonyl (C=O) groups is 1. The van der Waals surface area contributed by atoms with Gasteiger partial charge in [-0.05, 0) is 35.4 Å². The van der Waals surface area contributed by atoms with E-state index in [1.807, 2.05) is 24.3 Å². The molecule has 4 nitrogen and oxygen atoms in total. The number of likely N-dealkylation sites (N-methyl/N-ethyl adjacent to an activating group) is 1. The molecule has 3 N–H and O–H groups in total. The van der Waals surface area contributed by atoms with Gasteiger partial charge in [-0.1, -0.05) is 24.3 Å². The second-order valence-electron chi connectivity index (χ2n) is 4.62. The smallest absolute Gasteiger partial charge is 0.231 e. The maximum absolute atomic E-state index is 12.3. The van der Waals surface area contributed by atoms with Crippen LogP contribution in [0.4, 0.5) is 5.69 Å². The Kier molecular flexibility index (Phi) is 4.38. The fraction of sp³-hybridized carbons (Fsp3) is 0.188. The molecule has 0 aliphatic rings. The highest BCUT2D eigenvalue weighted by atomic mass is 16.3. The van der Waals surface area contributed by atoms with Crippen molar-refractivity contribution in [3.8, 4) is 5.75 Å². The topological polar surface area (TPSA) is 66.6 Å². The number of anilines is 1. The molecular weight excluding hydrogens is 252 g/mol. The van der Waals surface area contributed by atoms with E-state index in [1.54, 1.807) is 36.2 Å². The second kappa shape index (κ2) is 6.21. The van der Waals surface area contributed by atoms with Gasteiger partial charge in [0.05, 0.1) is 6.42 Å². The van der Waals surface area contributed by atoms with Gasteiger partial charge in [0.15, 0.2) is 0 Å². The van der Waals surface area contributed by atoms with Crippen LogP contribution in [0.25, 0.3) is 0 Å². The molecular formula is C16H18N2O2. The molecule has 0 saturated carbocycles. The van der Waals surface area contributed by atoms with Crippen LogP contribution < -0.4 is 10.6 Å². The van der Waals surface area contributed by atoms with Crippen molar-refractivity contribution in [1.29, 1.82) is 0 Å². The van der Waals surface area contributed by atoms with E-state index in [1.165, 1.54) is 0 Å². The van der Waals surface area contributed by atoms with Crippen molar-refractivity contribution in [1.82, 2.24) is 0 Å². The van der Waals surface area contributed by atoms with Crippen LogP contribution in [0.2, 0.25) is 0 Å². The van der Waals surface area contributed by atoms with E-state index >= 15 is 0 Å². The molecule has 2 aromatic carbocycles. The summed E-state index contributed by atoms with van der Waals surface area (Å²) in [7, 11) is 1.72. The molecule has 0 bridgehead atoms. The molecule has 0 aliphatic carbocycles. The van der Waals surface area contributed by atoms with E-state index in [9.17, 15) is 9.90 Å². The normalized spacial score (nSPS) is 10.3. The second-order valence-corrected chi connectivity index (χ2v) is 4.62. The quantitative estimate of drug-likeness (QED) is 0.893. The van der Waals surface area contributed by atoms with Gasteiger partial charge in [-0.3, -0.25) is 4.79 Å². The molecule has 0 aromatic heterocycles. The lowest BCUT2D eigenvalue weighted by Crippen LogP contribution is -2.28. The van der Waals surface area contributed by atoms with Crippen molar-refractivity contribution in [2.75, 3.05) is 11.9 Å². The van der Waals surface area contributed by atoms with Crippen molar-refractivity contribution >= 4 is 11.6 Å². The lowest BCUT2D eigenvalue weighted by atomic mass is 10.0. The Morgan fingerprint density at radius 1 is 1.10 bits per heavy atom. The average molecular weight is 270 g/mol. The van der Waals surface area contributed by atoms with Crippen molar-refractivity contribution in [3.63, 3.8) is 0 Å². The first-order valence-corrected chi connectivity index (χ1v) is 6.44. The number of benzene rings is 2. The van der Waals surface area contributed by atoms with Crippen LogP contribution in [0.15, 0.2) is 48.5 Å². The largest absolute Gasteiger partial charge is 0.508 e. The fourth-order valence-electron chi connectivity index (χ4n) is 2.03. The molecule has 104 valence electrons. The van der Waals surface area contributed by atoms with Gasteiger partial charge in [0.25, 0.3) is 0 Å². The van der Waals surface area contributed by atoms with E-state index in [0.717, 1.165) is 16.8 Å². The Balaban J connectivity index is 2.13. The van der Waals surface area contributed by atoms with Crippen molar-refractivity contribution in [2.45, 2.75) is 13.0 Å². The number of phenols is 1. The zero-order valence-corrected chi connectivity index (χ0v) is 11.4. The summed E-state index contributed by atoms with van der Waals surface area (Å²) in [6.45, 7) is 0.423. The molecule has 20 heavy (non-hydrogen) atoms. The molecule has 0 fully saturated rings. The minimum Gasteiger partial charge on any atom is -0.508 e. The molecule has 0 heterocycles. The molecule has 0 atom stereocenters. The number of aromatic hydroxyl groups is 1. The number of nitrogens with two attached hydrogens (primary N) is 1. The lowest BCUT2D eigenvalue weighted by Gasteiger charge is -2.18. The maximum atomic E-state index is 12.3. The standard InChI is InChI=1S/C16H18N2O2/c1-18(14-6-8-15(19)9-7-14)16(20)10-12-4-2-3-5-13(12)11-17/h2-9,19H,10-11,17H2,1H3. The Hall–Kier alpha value is -2.33. The Morgan fingerprint density at radius 2 is 1.70 bits per heavy atom. The first-order valence-electron chi connectivity index (χ1n) is 6.44. The zero-order chi connectivity index (χ0) is 14.5. The predicted octanol–water partition coefficient (Wildman–Crippen LogP) is 2.06.